The zero-order valence-electron chi connectivity index (χ0n) is 15.3. The monoisotopic (exact) mass is 361 g/mol. The highest BCUT2D eigenvalue weighted by Crippen LogP contribution is 2.19. The quantitative estimate of drug-likeness (QED) is 0.612. The number of nitrogens with one attached hydrogen (secondary N) is 2. The van der Waals surface area contributed by atoms with Crippen LogP contribution in [0.15, 0.2) is 79.0 Å². The van der Waals surface area contributed by atoms with Gasteiger partial charge in [-0.25, -0.2) is 4.98 Å². The number of carbonyl (C=O) groups excluding carboxylic acids is 1. The van der Waals surface area contributed by atoms with Crippen molar-refractivity contribution in [1.29, 1.82) is 0 Å². The average molecular weight is 361 g/mol. The van der Waals surface area contributed by atoms with Crippen LogP contribution in [0.2, 0.25) is 0 Å². The minimum atomic E-state index is -0.128. The van der Waals surface area contributed by atoms with Gasteiger partial charge >= 0.3 is 0 Å². The number of aromatic nitrogens is 1. The molecule has 0 saturated heterocycles. The lowest BCUT2D eigenvalue weighted by Gasteiger charge is -2.15. The summed E-state index contributed by atoms with van der Waals surface area (Å²) in [5.41, 5.74) is 2.10. The minimum absolute atomic E-state index is 0.128. The van der Waals surface area contributed by atoms with Crippen LogP contribution in [0, 0.1) is 0 Å². The van der Waals surface area contributed by atoms with E-state index in [0.717, 1.165) is 11.4 Å². The van der Waals surface area contributed by atoms with Crippen LogP contribution in [0.25, 0.3) is 0 Å². The maximum absolute atomic E-state index is 12.0. The Balaban J connectivity index is 1.45. The maximum Gasteiger partial charge on any atom is 0.228 e. The predicted molar refractivity (Wildman–Crippen MR) is 108 cm³/mol. The molecule has 3 rings (SSSR count). The molecule has 0 aliphatic rings. The minimum Gasteiger partial charge on any atom is -0.493 e. The van der Waals surface area contributed by atoms with Crippen LogP contribution in [-0.4, -0.2) is 17.5 Å². The van der Waals surface area contributed by atoms with Crippen LogP contribution < -0.4 is 15.4 Å². The first kappa shape index (κ1) is 18.5. The van der Waals surface area contributed by atoms with Crippen molar-refractivity contribution in [2.45, 2.75) is 19.4 Å². The van der Waals surface area contributed by atoms with Crippen LogP contribution in [0.1, 0.15) is 24.9 Å². The second-order valence-corrected chi connectivity index (χ2v) is 6.17. The van der Waals surface area contributed by atoms with Gasteiger partial charge in [0.15, 0.2) is 0 Å². The Morgan fingerprint density at radius 2 is 1.70 bits per heavy atom. The number of hydrogen-bond acceptors (Lipinski definition) is 4. The molecule has 0 bridgehead atoms. The van der Waals surface area contributed by atoms with E-state index in [4.69, 9.17) is 4.74 Å². The SMILES string of the molecule is CC(Nc1ccc(NC(=O)CCOc2ccccc2)nc1)c1ccccc1. The van der Waals surface area contributed by atoms with E-state index in [1.807, 2.05) is 54.6 Å². The molecule has 5 nitrogen and oxygen atoms in total. The summed E-state index contributed by atoms with van der Waals surface area (Å²) in [5.74, 6) is 1.15. The summed E-state index contributed by atoms with van der Waals surface area (Å²) in [6.07, 6.45) is 1.98. The zero-order chi connectivity index (χ0) is 18.9. The molecule has 138 valence electrons. The molecule has 0 aliphatic carbocycles. The van der Waals surface area contributed by atoms with Crippen LogP contribution in [0.4, 0.5) is 11.5 Å². The number of ether oxygens (including phenoxy) is 1. The molecule has 1 heterocycles. The van der Waals surface area contributed by atoms with Gasteiger partial charge in [0.05, 0.1) is 24.9 Å². The number of carbonyl (C=O) groups is 1. The Kier molecular flexibility index (Phi) is 6.41. The van der Waals surface area contributed by atoms with Crippen molar-refractivity contribution < 1.29 is 9.53 Å². The number of pyridine rings is 1. The Hall–Kier alpha value is -3.34. The van der Waals surface area contributed by atoms with E-state index in [2.05, 4.69) is 34.7 Å². The first-order valence-corrected chi connectivity index (χ1v) is 8.96. The fourth-order valence-corrected chi connectivity index (χ4v) is 2.61. The summed E-state index contributed by atoms with van der Waals surface area (Å²) in [6.45, 7) is 2.42. The molecular weight excluding hydrogens is 338 g/mol. The smallest absolute Gasteiger partial charge is 0.228 e. The van der Waals surface area contributed by atoms with Gasteiger partial charge in [-0.05, 0) is 36.8 Å². The number of amides is 1. The lowest BCUT2D eigenvalue weighted by atomic mass is 10.1. The van der Waals surface area contributed by atoms with Gasteiger partial charge in [0.25, 0.3) is 0 Å². The van der Waals surface area contributed by atoms with Crippen molar-refractivity contribution in [3.05, 3.63) is 84.6 Å². The molecule has 27 heavy (non-hydrogen) atoms. The standard InChI is InChI=1S/C22H23N3O2/c1-17(18-8-4-2-5-9-18)24-19-12-13-21(23-16-19)25-22(26)14-15-27-20-10-6-3-7-11-20/h2-13,16-17,24H,14-15H2,1H3,(H,23,25,26). The van der Waals surface area contributed by atoms with Gasteiger partial charge in [-0.15, -0.1) is 0 Å². The molecule has 1 amide bonds. The van der Waals surface area contributed by atoms with Crippen LogP contribution in [0.5, 0.6) is 5.75 Å². The van der Waals surface area contributed by atoms with Gasteiger partial charge in [-0.1, -0.05) is 48.5 Å². The Bertz CT molecular complexity index is 836. The van der Waals surface area contributed by atoms with Crippen molar-refractivity contribution in [1.82, 2.24) is 4.98 Å². The third-order valence-electron chi connectivity index (χ3n) is 4.05. The Morgan fingerprint density at radius 3 is 2.37 bits per heavy atom. The lowest BCUT2D eigenvalue weighted by Crippen LogP contribution is -2.16. The third kappa shape index (κ3) is 5.85. The van der Waals surface area contributed by atoms with E-state index >= 15 is 0 Å². The van der Waals surface area contributed by atoms with Crippen molar-refractivity contribution in [2.75, 3.05) is 17.2 Å². The highest BCUT2D eigenvalue weighted by molar-refractivity contribution is 5.89. The number of anilines is 2. The van der Waals surface area contributed by atoms with Gasteiger partial charge < -0.3 is 15.4 Å². The first-order valence-electron chi connectivity index (χ1n) is 8.96. The van der Waals surface area contributed by atoms with Crippen molar-refractivity contribution in [3.8, 4) is 5.75 Å². The number of benzene rings is 2. The van der Waals surface area contributed by atoms with Crippen LogP contribution in [0.3, 0.4) is 0 Å². The van der Waals surface area contributed by atoms with Crippen LogP contribution >= 0.6 is 0 Å². The average Bonchev–Trinajstić information content (AvgIpc) is 2.71. The summed E-state index contributed by atoms with van der Waals surface area (Å²) in [5, 5.41) is 6.18. The molecule has 0 saturated carbocycles. The van der Waals surface area contributed by atoms with Crippen molar-refractivity contribution in [3.63, 3.8) is 0 Å². The number of para-hydroxylation sites is 1. The molecule has 5 heteroatoms. The van der Waals surface area contributed by atoms with E-state index in [9.17, 15) is 4.79 Å². The summed E-state index contributed by atoms with van der Waals surface area (Å²) >= 11 is 0. The molecule has 0 aliphatic heterocycles. The summed E-state index contributed by atoms with van der Waals surface area (Å²) in [6, 6.07) is 23.5. The van der Waals surface area contributed by atoms with Gasteiger partial charge in [0, 0.05) is 6.04 Å². The largest absolute Gasteiger partial charge is 0.493 e. The van der Waals surface area contributed by atoms with E-state index < -0.39 is 0 Å². The molecule has 2 aromatic carbocycles. The van der Waals surface area contributed by atoms with Gasteiger partial charge in [-0.2, -0.15) is 0 Å². The summed E-state index contributed by atoms with van der Waals surface area (Å²) in [4.78, 5) is 16.3. The van der Waals surface area contributed by atoms with E-state index in [1.165, 1.54) is 5.56 Å². The highest BCUT2D eigenvalue weighted by Gasteiger charge is 2.07. The lowest BCUT2D eigenvalue weighted by molar-refractivity contribution is -0.116. The molecule has 0 radical (unpaired) electrons. The van der Waals surface area contributed by atoms with Crippen molar-refractivity contribution in [2.24, 2.45) is 0 Å². The summed E-state index contributed by atoms with van der Waals surface area (Å²) < 4.78 is 5.53. The topological polar surface area (TPSA) is 63.2 Å². The number of nitrogens with zero attached hydrogens (tertiary/aromatic N) is 1. The molecule has 0 fully saturated rings. The molecule has 3 aromatic rings. The molecule has 1 atom stereocenters. The van der Waals surface area contributed by atoms with Gasteiger partial charge in [-0.3, -0.25) is 4.79 Å². The summed E-state index contributed by atoms with van der Waals surface area (Å²) in [7, 11) is 0. The molecule has 2 N–H and O–H groups in total. The molecule has 1 unspecified atom stereocenters. The third-order valence-corrected chi connectivity index (χ3v) is 4.05. The van der Waals surface area contributed by atoms with Gasteiger partial charge in [0.1, 0.15) is 11.6 Å². The highest BCUT2D eigenvalue weighted by atomic mass is 16.5. The Morgan fingerprint density at radius 1 is 1.00 bits per heavy atom. The Labute approximate surface area is 159 Å². The first-order chi connectivity index (χ1) is 13.2. The van der Waals surface area contributed by atoms with Gasteiger partial charge in [0.2, 0.25) is 5.91 Å². The maximum atomic E-state index is 12.0. The zero-order valence-corrected chi connectivity index (χ0v) is 15.3. The molecule has 0 spiro atoms. The van der Waals surface area contributed by atoms with E-state index in [0.29, 0.717) is 12.4 Å². The van der Waals surface area contributed by atoms with E-state index in [1.54, 1.807) is 12.3 Å². The normalized spacial score (nSPS) is 11.4. The fourth-order valence-electron chi connectivity index (χ4n) is 2.61. The van der Waals surface area contributed by atoms with Crippen molar-refractivity contribution >= 4 is 17.4 Å². The van der Waals surface area contributed by atoms with E-state index in [-0.39, 0.29) is 18.4 Å². The molecular formula is C22H23N3O2. The van der Waals surface area contributed by atoms with Crippen LogP contribution in [-0.2, 0) is 4.79 Å². The number of hydrogen-bond donors (Lipinski definition) is 2. The molecule has 1 aromatic heterocycles. The second kappa shape index (κ2) is 9.38. The predicted octanol–water partition coefficient (Wildman–Crippen LogP) is 4.66. The fraction of sp³-hybridized carbons (Fsp3) is 0.182. The second-order valence-electron chi connectivity index (χ2n) is 6.17. The number of rotatable bonds is 8.